The average molecular weight is 442 g/mol. The lowest BCUT2D eigenvalue weighted by Crippen LogP contribution is -2.50. The molecular formula is C22H20ClN3O3S. The Balaban J connectivity index is 1.42. The molecule has 1 aromatic heterocycles. The van der Waals surface area contributed by atoms with Gasteiger partial charge in [-0.05, 0) is 42.0 Å². The summed E-state index contributed by atoms with van der Waals surface area (Å²) in [6.07, 6.45) is 1.59. The normalized spacial score (nSPS) is 15.7. The number of fused-ring (bicyclic) bond motifs is 1. The number of nitrogens with zero attached hydrogens (tertiary/aromatic N) is 3. The molecule has 2 aromatic carbocycles. The van der Waals surface area contributed by atoms with Gasteiger partial charge in [-0.1, -0.05) is 41.9 Å². The summed E-state index contributed by atoms with van der Waals surface area (Å²) in [6, 6.07) is 18.1. The molecule has 4 rings (SSSR count). The zero-order chi connectivity index (χ0) is 21.1. The minimum Gasteiger partial charge on any atom is -0.336 e. The van der Waals surface area contributed by atoms with Gasteiger partial charge in [-0.3, -0.25) is 4.79 Å². The third-order valence-electron chi connectivity index (χ3n) is 5.02. The van der Waals surface area contributed by atoms with Crippen LogP contribution in [0.3, 0.4) is 0 Å². The first-order chi connectivity index (χ1) is 14.4. The third kappa shape index (κ3) is 4.53. The Morgan fingerprint density at radius 1 is 0.967 bits per heavy atom. The predicted octanol–water partition coefficient (Wildman–Crippen LogP) is 3.65. The van der Waals surface area contributed by atoms with Gasteiger partial charge in [0.15, 0.2) is 0 Å². The highest BCUT2D eigenvalue weighted by Gasteiger charge is 2.27. The molecule has 1 fully saturated rings. The van der Waals surface area contributed by atoms with Crippen LogP contribution < -0.4 is 0 Å². The SMILES string of the molecule is O=C(c1ccc2nc(Cl)ccc2c1)N1CCN(S(=O)(=O)/C=C/c2ccccc2)CC1. The van der Waals surface area contributed by atoms with E-state index in [2.05, 4.69) is 4.98 Å². The summed E-state index contributed by atoms with van der Waals surface area (Å²) in [6.45, 7) is 1.21. The lowest BCUT2D eigenvalue weighted by Gasteiger charge is -2.33. The van der Waals surface area contributed by atoms with Gasteiger partial charge >= 0.3 is 0 Å². The van der Waals surface area contributed by atoms with Crippen molar-refractivity contribution in [2.45, 2.75) is 0 Å². The van der Waals surface area contributed by atoms with E-state index < -0.39 is 10.0 Å². The largest absolute Gasteiger partial charge is 0.336 e. The number of amides is 1. The molecule has 0 saturated carbocycles. The Kier molecular flexibility index (Phi) is 5.85. The van der Waals surface area contributed by atoms with Crippen molar-refractivity contribution in [1.82, 2.24) is 14.2 Å². The Morgan fingerprint density at radius 2 is 1.70 bits per heavy atom. The average Bonchev–Trinajstić information content (AvgIpc) is 2.78. The molecule has 1 aliphatic rings. The summed E-state index contributed by atoms with van der Waals surface area (Å²) in [5, 5.41) is 2.46. The second kappa shape index (κ2) is 8.55. The molecule has 1 aliphatic heterocycles. The zero-order valence-corrected chi connectivity index (χ0v) is 17.7. The van der Waals surface area contributed by atoms with Gasteiger partial charge in [0, 0.05) is 42.5 Å². The van der Waals surface area contributed by atoms with Crippen molar-refractivity contribution in [1.29, 1.82) is 0 Å². The smallest absolute Gasteiger partial charge is 0.253 e. The number of sulfonamides is 1. The number of rotatable bonds is 4. The Hall–Kier alpha value is -2.74. The Morgan fingerprint density at radius 3 is 2.43 bits per heavy atom. The van der Waals surface area contributed by atoms with Crippen LogP contribution in [0.4, 0.5) is 0 Å². The number of carbonyl (C=O) groups is 1. The van der Waals surface area contributed by atoms with Gasteiger partial charge in [0.25, 0.3) is 5.91 Å². The third-order valence-corrected chi connectivity index (χ3v) is 6.80. The summed E-state index contributed by atoms with van der Waals surface area (Å²) in [5.41, 5.74) is 2.09. The Bertz CT molecular complexity index is 1200. The maximum Gasteiger partial charge on any atom is 0.253 e. The zero-order valence-electron chi connectivity index (χ0n) is 16.1. The van der Waals surface area contributed by atoms with Crippen LogP contribution in [0.1, 0.15) is 15.9 Å². The molecule has 0 N–H and O–H groups in total. The molecule has 0 unspecified atom stereocenters. The second-order valence-corrected chi connectivity index (χ2v) is 9.20. The maximum absolute atomic E-state index is 12.9. The molecule has 1 saturated heterocycles. The first-order valence-electron chi connectivity index (χ1n) is 9.51. The van der Waals surface area contributed by atoms with Crippen LogP contribution in [0.25, 0.3) is 17.0 Å². The molecular weight excluding hydrogens is 422 g/mol. The fourth-order valence-electron chi connectivity index (χ4n) is 3.38. The van der Waals surface area contributed by atoms with Crippen LogP contribution >= 0.6 is 11.6 Å². The predicted molar refractivity (Wildman–Crippen MR) is 119 cm³/mol. The van der Waals surface area contributed by atoms with Crippen molar-refractivity contribution in [3.05, 3.63) is 82.4 Å². The lowest BCUT2D eigenvalue weighted by atomic mass is 10.1. The molecule has 6 nitrogen and oxygen atoms in total. The second-order valence-electron chi connectivity index (χ2n) is 6.99. The number of benzene rings is 2. The highest BCUT2D eigenvalue weighted by atomic mass is 35.5. The van der Waals surface area contributed by atoms with E-state index in [0.29, 0.717) is 23.8 Å². The summed E-state index contributed by atoms with van der Waals surface area (Å²) < 4.78 is 26.6. The van der Waals surface area contributed by atoms with Crippen molar-refractivity contribution in [3.63, 3.8) is 0 Å². The van der Waals surface area contributed by atoms with Crippen LogP contribution in [0, 0.1) is 0 Å². The van der Waals surface area contributed by atoms with Crippen molar-refractivity contribution in [3.8, 4) is 0 Å². The van der Waals surface area contributed by atoms with Crippen LogP contribution in [0.2, 0.25) is 5.15 Å². The molecule has 0 spiro atoms. The molecule has 1 amide bonds. The Labute approximate surface area is 180 Å². The van der Waals surface area contributed by atoms with Gasteiger partial charge in [0.2, 0.25) is 10.0 Å². The fraction of sp³-hybridized carbons (Fsp3) is 0.182. The van der Waals surface area contributed by atoms with E-state index in [1.54, 1.807) is 35.2 Å². The molecule has 3 aromatic rings. The van der Waals surface area contributed by atoms with E-state index in [1.807, 2.05) is 36.4 Å². The summed E-state index contributed by atoms with van der Waals surface area (Å²) in [7, 11) is -3.53. The number of piperazine rings is 1. The van der Waals surface area contributed by atoms with Gasteiger partial charge in [-0.2, -0.15) is 4.31 Å². The summed E-state index contributed by atoms with van der Waals surface area (Å²) in [4.78, 5) is 18.8. The molecule has 0 radical (unpaired) electrons. The number of hydrogen-bond acceptors (Lipinski definition) is 4. The van der Waals surface area contributed by atoms with Crippen LogP contribution in [0.5, 0.6) is 0 Å². The highest BCUT2D eigenvalue weighted by Crippen LogP contribution is 2.19. The van der Waals surface area contributed by atoms with E-state index in [0.717, 1.165) is 16.5 Å². The monoisotopic (exact) mass is 441 g/mol. The summed E-state index contributed by atoms with van der Waals surface area (Å²) in [5.74, 6) is -0.122. The van der Waals surface area contributed by atoms with Gasteiger partial charge < -0.3 is 4.90 Å². The molecule has 2 heterocycles. The molecule has 0 atom stereocenters. The van der Waals surface area contributed by atoms with E-state index in [4.69, 9.17) is 11.6 Å². The number of aromatic nitrogens is 1. The van der Waals surface area contributed by atoms with Crippen molar-refractivity contribution >= 4 is 44.5 Å². The van der Waals surface area contributed by atoms with Crippen LogP contribution in [0.15, 0.2) is 66.1 Å². The van der Waals surface area contributed by atoms with E-state index in [9.17, 15) is 13.2 Å². The molecule has 30 heavy (non-hydrogen) atoms. The maximum atomic E-state index is 12.9. The minimum absolute atomic E-state index is 0.122. The van der Waals surface area contributed by atoms with Crippen LogP contribution in [-0.4, -0.2) is 54.7 Å². The van der Waals surface area contributed by atoms with Gasteiger partial charge in [0.1, 0.15) is 5.15 Å². The van der Waals surface area contributed by atoms with Crippen molar-refractivity contribution in [2.24, 2.45) is 0 Å². The van der Waals surface area contributed by atoms with E-state index in [1.165, 1.54) is 9.71 Å². The number of halogens is 1. The fourth-order valence-corrected chi connectivity index (χ4v) is 4.70. The first kappa shape index (κ1) is 20.5. The van der Waals surface area contributed by atoms with E-state index in [-0.39, 0.29) is 19.0 Å². The van der Waals surface area contributed by atoms with Crippen molar-refractivity contribution in [2.75, 3.05) is 26.2 Å². The summed E-state index contributed by atoms with van der Waals surface area (Å²) >= 11 is 5.91. The van der Waals surface area contributed by atoms with Crippen LogP contribution in [-0.2, 0) is 10.0 Å². The van der Waals surface area contributed by atoms with Gasteiger partial charge in [-0.25, -0.2) is 13.4 Å². The van der Waals surface area contributed by atoms with Gasteiger partial charge in [-0.15, -0.1) is 0 Å². The number of carbonyl (C=O) groups excluding carboxylic acids is 1. The number of hydrogen-bond donors (Lipinski definition) is 0. The van der Waals surface area contributed by atoms with Crippen molar-refractivity contribution < 1.29 is 13.2 Å². The quantitative estimate of drug-likeness (QED) is 0.579. The number of pyridine rings is 1. The first-order valence-corrected chi connectivity index (χ1v) is 11.4. The lowest BCUT2D eigenvalue weighted by molar-refractivity contribution is 0.0699. The molecule has 0 bridgehead atoms. The topological polar surface area (TPSA) is 70.6 Å². The standard InChI is InChI=1S/C22H20ClN3O3S/c23-21-9-7-18-16-19(6-8-20(18)24-21)22(27)25-11-13-26(14-12-25)30(28,29)15-10-17-4-2-1-3-5-17/h1-10,15-16H,11-14H2/b15-10+. The molecule has 8 heteroatoms. The highest BCUT2D eigenvalue weighted by molar-refractivity contribution is 7.92. The molecule has 0 aliphatic carbocycles. The van der Waals surface area contributed by atoms with Gasteiger partial charge in [0.05, 0.1) is 5.52 Å². The molecule has 154 valence electrons. The van der Waals surface area contributed by atoms with E-state index >= 15 is 0 Å². The minimum atomic E-state index is -3.53.